The first-order valence-electron chi connectivity index (χ1n) is 5.92. The Bertz CT molecular complexity index is 341. The van der Waals surface area contributed by atoms with Crippen molar-refractivity contribution < 1.29 is 4.79 Å². The van der Waals surface area contributed by atoms with Crippen LogP contribution >= 0.6 is 23.1 Å². The van der Waals surface area contributed by atoms with Gasteiger partial charge in [0.1, 0.15) is 5.01 Å². The van der Waals surface area contributed by atoms with Gasteiger partial charge in [0.15, 0.2) is 4.34 Å². The number of nitrogens with zero attached hydrogens (tertiary/aromatic N) is 2. The molecule has 1 amide bonds. The maximum Gasteiger partial charge on any atom is 0.230 e. The molecule has 1 aromatic rings. The fraction of sp³-hybridized carbons (Fsp3) is 0.727. The highest BCUT2D eigenvalue weighted by molar-refractivity contribution is 8.01. The Morgan fingerprint density at radius 1 is 1.35 bits per heavy atom. The largest absolute Gasteiger partial charge is 0.355 e. The number of hydrogen-bond donors (Lipinski definition) is 1. The number of thioether (sulfide) groups is 1. The highest BCUT2D eigenvalue weighted by atomic mass is 32.2. The van der Waals surface area contributed by atoms with E-state index in [1.165, 1.54) is 42.4 Å². The Kier molecular flexibility index (Phi) is 7.19. The minimum atomic E-state index is 0.0827. The van der Waals surface area contributed by atoms with E-state index in [1.54, 1.807) is 0 Å². The van der Waals surface area contributed by atoms with E-state index >= 15 is 0 Å². The second kappa shape index (κ2) is 8.47. The summed E-state index contributed by atoms with van der Waals surface area (Å²) in [7, 11) is 0. The van der Waals surface area contributed by atoms with Gasteiger partial charge in [0.05, 0.1) is 5.75 Å². The summed E-state index contributed by atoms with van der Waals surface area (Å²) in [4.78, 5) is 11.5. The van der Waals surface area contributed by atoms with E-state index in [4.69, 9.17) is 0 Å². The van der Waals surface area contributed by atoms with Gasteiger partial charge in [-0.1, -0.05) is 49.3 Å². The summed E-state index contributed by atoms with van der Waals surface area (Å²) in [5.41, 5.74) is 0. The van der Waals surface area contributed by atoms with Gasteiger partial charge < -0.3 is 5.32 Å². The minimum absolute atomic E-state index is 0.0827. The summed E-state index contributed by atoms with van der Waals surface area (Å²) in [5, 5.41) is 11.7. The van der Waals surface area contributed by atoms with Gasteiger partial charge in [-0.3, -0.25) is 4.79 Å². The van der Waals surface area contributed by atoms with Crippen LogP contribution in [0.2, 0.25) is 0 Å². The number of carbonyl (C=O) groups excluding carboxylic acids is 1. The molecule has 0 bridgehead atoms. The van der Waals surface area contributed by atoms with Gasteiger partial charge in [0, 0.05) is 6.54 Å². The molecule has 0 spiro atoms. The summed E-state index contributed by atoms with van der Waals surface area (Å²) in [5.74, 6) is 0.516. The highest BCUT2D eigenvalue weighted by Gasteiger charge is 2.05. The van der Waals surface area contributed by atoms with Crippen molar-refractivity contribution in [1.82, 2.24) is 15.5 Å². The Labute approximate surface area is 111 Å². The molecule has 0 saturated heterocycles. The van der Waals surface area contributed by atoms with Gasteiger partial charge in [-0.25, -0.2) is 0 Å². The topological polar surface area (TPSA) is 54.9 Å². The predicted molar refractivity (Wildman–Crippen MR) is 72.5 cm³/mol. The van der Waals surface area contributed by atoms with Crippen LogP contribution in [0, 0.1) is 6.92 Å². The van der Waals surface area contributed by atoms with Gasteiger partial charge in [0.2, 0.25) is 5.91 Å². The van der Waals surface area contributed by atoms with E-state index in [0.29, 0.717) is 5.75 Å². The van der Waals surface area contributed by atoms with Crippen LogP contribution in [0.25, 0.3) is 0 Å². The quantitative estimate of drug-likeness (QED) is 0.584. The zero-order valence-electron chi connectivity index (χ0n) is 10.4. The fourth-order valence-electron chi connectivity index (χ4n) is 1.29. The number of aromatic nitrogens is 2. The molecule has 0 saturated carbocycles. The fourth-order valence-corrected chi connectivity index (χ4v) is 2.94. The van der Waals surface area contributed by atoms with Crippen molar-refractivity contribution in [1.29, 1.82) is 0 Å². The van der Waals surface area contributed by atoms with Crippen molar-refractivity contribution in [3.8, 4) is 0 Å². The number of aryl methyl sites for hydroxylation is 1. The lowest BCUT2D eigenvalue weighted by Gasteiger charge is -2.03. The summed E-state index contributed by atoms with van der Waals surface area (Å²) < 4.78 is 0.864. The van der Waals surface area contributed by atoms with Crippen LogP contribution < -0.4 is 5.32 Å². The van der Waals surface area contributed by atoms with Gasteiger partial charge in [-0.2, -0.15) is 0 Å². The third-order valence-corrected chi connectivity index (χ3v) is 4.16. The molecule has 1 heterocycles. The molecule has 0 unspecified atom stereocenters. The standard InChI is InChI=1S/C11H19N3OS2/c1-3-4-5-6-7-12-10(15)8-16-11-14-13-9(2)17-11/h3-8H2,1-2H3,(H,12,15). The van der Waals surface area contributed by atoms with Crippen LogP contribution in [0.1, 0.15) is 37.6 Å². The van der Waals surface area contributed by atoms with E-state index in [0.717, 1.165) is 22.3 Å². The number of unbranched alkanes of at least 4 members (excludes halogenated alkanes) is 3. The van der Waals surface area contributed by atoms with Crippen molar-refractivity contribution >= 4 is 29.0 Å². The summed E-state index contributed by atoms with van der Waals surface area (Å²) >= 11 is 2.98. The molecule has 1 rings (SSSR count). The van der Waals surface area contributed by atoms with Crippen molar-refractivity contribution in [2.45, 2.75) is 43.9 Å². The van der Waals surface area contributed by atoms with Crippen LogP contribution in [0.15, 0.2) is 4.34 Å². The first-order valence-corrected chi connectivity index (χ1v) is 7.72. The molecule has 6 heteroatoms. The third kappa shape index (κ3) is 6.63. The number of amides is 1. The minimum Gasteiger partial charge on any atom is -0.355 e. The molecule has 0 fully saturated rings. The highest BCUT2D eigenvalue weighted by Crippen LogP contribution is 2.21. The molecule has 1 N–H and O–H groups in total. The summed E-state index contributed by atoms with van der Waals surface area (Å²) in [6.07, 6.45) is 4.73. The lowest BCUT2D eigenvalue weighted by molar-refractivity contribution is -0.118. The van der Waals surface area contributed by atoms with Crippen LogP contribution in [0.3, 0.4) is 0 Å². The van der Waals surface area contributed by atoms with Crippen molar-refractivity contribution in [3.05, 3.63) is 5.01 Å². The van der Waals surface area contributed by atoms with E-state index in [-0.39, 0.29) is 5.91 Å². The monoisotopic (exact) mass is 273 g/mol. The average molecular weight is 273 g/mol. The maximum atomic E-state index is 11.5. The third-order valence-electron chi connectivity index (χ3n) is 2.19. The van der Waals surface area contributed by atoms with Crippen molar-refractivity contribution in [3.63, 3.8) is 0 Å². The van der Waals surface area contributed by atoms with Crippen LogP contribution in [-0.2, 0) is 4.79 Å². The van der Waals surface area contributed by atoms with Gasteiger partial charge >= 0.3 is 0 Å². The molecule has 1 aromatic heterocycles. The summed E-state index contributed by atoms with van der Waals surface area (Å²) in [6.45, 7) is 4.88. The van der Waals surface area contributed by atoms with E-state index in [9.17, 15) is 4.79 Å². The average Bonchev–Trinajstić information content (AvgIpc) is 2.72. The zero-order valence-corrected chi connectivity index (χ0v) is 12.0. The van der Waals surface area contributed by atoms with Crippen molar-refractivity contribution in [2.24, 2.45) is 0 Å². The maximum absolute atomic E-state index is 11.5. The second-order valence-electron chi connectivity index (χ2n) is 3.79. The molecule has 17 heavy (non-hydrogen) atoms. The van der Waals surface area contributed by atoms with Crippen LogP contribution in [0.4, 0.5) is 0 Å². The predicted octanol–water partition coefficient (Wildman–Crippen LogP) is 2.64. The smallest absolute Gasteiger partial charge is 0.230 e. The lowest BCUT2D eigenvalue weighted by atomic mass is 10.2. The molecule has 4 nitrogen and oxygen atoms in total. The Balaban J connectivity index is 2.05. The molecule has 0 atom stereocenters. The second-order valence-corrected chi connectivity index (χ2v) is 6.19. The molecule has 96 valence electrons. The lowest BCUT2D eigenvalue weighted by Crippen LogP contribution is -2.26. The van der Waals surface area contributed by atoms with E-state index in [1.807, 2.05) is 6.92 Å². The zero-order chi connectivity index (χ0) is 12.5. The van der Waals surface area contributed by atoms with Gasteiger partial charge in [-0.05, 0) is 13.3 Å². The summed E-state index contributed by atoms with van der Waals surface area (Å²) in [6, 6.07) is 0. The van der Waals surface area contributed by atoms with Crippen molar-refractivity contribution in [2.75, 3.05) is 12.3 Å². The SMILES string of the molecule is CCCCCCNC(=O)CSc1nnc(C)s1. The number of rotatable bonds is 8. The number of carbonyl (C=O) groups is 1. The Hall–Kier alpha value is -0.620. The first kappa shape index (κ1) is 14.4. The molecule has 0 radical (unpaired) electrons. The number of nitrogens with one attached hydrogen (secondary N) is 1. The molecular weight excluding hydrogens is 254 g/mol. The molecule has 0 aromatic carbocycles. The molecule has 0 aliphatic rings. The Morgan fingerprint density at radius 2 is 2.18 bits per heavy atom. The molecule has 0 aliphatic carbocycles. The van der Waals surface area contributed by atoms with Crippen LogP contribution in [-0.4, -0.2) is 28.4 Å². The van der Waals surface area contributed by atoms with E-state index < -0.39 is 0 Å². The molecule has 0 aliphatic heterocycles. The van der Waals surface area contributed by atoms with E-state index in [2.05, 4.69) is 22.4 Å². The first-order chi connectivity index (χ1) is 8.22. The van der Waals surface area contributed by atoms with Gasteiger partial charge in [0.25, 0.3) is 0 Å². The Morgan fingerprint density at radius 3 is 2.82 bits per heavy atom. The van der Waals surface area contributed by atoms with Gasteiger partial charge in [-0.15, -0.1) is 10.2 Å². The number of hydrogen-bond acceptors (Lipinski definition) is 5. The molecular formula is C11H19N3OS2. The van der Waals surface area contributed by atoms with Crippen LogP contribution in [0.5, 0.6) is 0 Å². The normalized spacial score (nSPS) is 10.5.